The van der Waals surface area contributed by atoms with E-state index in [0.29, 0.717) is 17.4 Å². The van der Waals surface area contributed by atoms with Gasteiger partial charge in [0.05, 0.1) is 12.4 Å². The minimum absolute atomic E-state index is 0.147. The van der Waals surface area contributed by atoms with Crippen molar-refractivity contribution in [1.82, 2.24) is 20.2 Å². The normalized spacial score (nSPS) is 23.9. The topological polar surface area (TPSA) is 70.2 Å². The van der Waals surface area contributed by atoms with Gasteiger partial charge in [-0.25, -0.2) is 4.98 Å². The number of carbonyl (C=O) groups is 1. The predicted molar refractivity (Wildman–Crippen MR) is 74.1 cm³/mol. The number of aromatic nitrogens is 2. The van der Waals surface area contributed by atoms with E-state index < -0.39 is 0 Å². The molecule has 2 atom stereocenters. The Labute approximate surface area is 113 Å². The molecular weight excluding hydrogens is 242 g/mol. The summed E-state index contributed by atoms with van der Waals surface area (Å²) in [6, 6.07) is 0.212. The maximum absolute atomic E-state index is 12.2. The van der Waals surface area contributed by atoms with E-state index in [1.807, 2.05) is 0 Å². The summed E-state index contributed by atoms with van der Waals surface area (Å²) in [5.74, 6) is 0.901. The second kappa shape index (κ2) is 5.97. The Morgan fingerprint density at radius 2 is 2.26 bits per heavy atom. The molecule has 0 saturated carbocycles. The van der Waals surface area contributed by atoms with Crippen molar-refractivity contribution >= 4 is 11.7 Å². The van der Waals surface area contributed by atoms with Crippen LogP contribution in [0, 0.1) is 5.92 Å². The smallest absolute Gasteiger partial charge is 0.271 e. The van der Waals surface area contributed by atoms with Gasteiger partial charge in [0.15, 0.2) is 0 Å². The lowest BCUT2D eigenvalue weighted by molar-refractivity contribution is 0.0878. The van der Waals surface area contributed by atoms with Crippen molar-refractivity contribution < 1.29 is 4.79 Å². The summed E-state index contributed by atoms with van der Waals surface area (Å²) in [5.41, 5.74) is 0.359. The van der Waals surface area contributed by atoms with Gasteiger partial charge < -0.3 is 15.5 Å². The molecule has 1 aromatic heterocycles. The van der Waals surface area contributed by atoms with Crippen molar-refractivity contribution in [3.63, 3.8) is 0 Å². The van der Waals surface area contributed by atoms with Crippen LogP contribution >= 0.6 is 0 Å². The lowest BCUT2D eigenvalue weighted by Crippen LogP contribution is -2.49. The van der Waals surface area contributed by atoms with Crippen LogP contribution in [0.1, 0.15) is 23.8 Å². The number of nitrogens with one attached hydrogen (secondary N) is 2. The lowest BCUT2D eigenvalue weighted by atomic mass is 9.94. The zero-order chi connectivity index (χ0) is 13.8. The highest BCUT2D eigenvalue weighted by Gasteiger charge is 2.26. The van der Waals surface area contributed by atoms with E-state index >= 15 is 0 Å². The number of likely N-dealkylation sites (tertiary alicyclic amines) is 1. The van der Waals surface area contributed by atoms with Crippen LogP contribution in [0.3, 0.4) is 0 Å². The van der Waals surface area contributed by atoms with E-state index in [1.165, 1.54) is 6.20 Å². The zero-order valence-electron chi connectivity index (χ0n) is 11.7. The first-order valence-electron chi connectivity index (χ1n) is 6.59. The molecule has 6 nitrogen and oxygen atoms in total. The molecule has 1 aliphatic heterocycles. The fraction of sp³-hybridized carbons (Fsp3) is 0.615. The minimum atomic E-state index is -0.147. The zero-order valence-corrected chi connectivity index (χ0v) is 11.7. The van der Waals surface area contributed by atoms with E-state index in [2.05, 4.69) is 39.5 Å². The van der Waals surface area contributed by atoms with Gasteiger partial charge in [0.25, 0.3) is 5.91 Å². The van der Waals surface area contributed by atoms with E-state index in [4.69, 9.17) is 0 Å². The number of nitrogens with zero attached hydrogens (tertiary/aromatic N) is 3. The third kappa shape index (κ3) is 3.41. The van der Waals surface area contributed by atoms with Gasteiger partial charge in [-0.15, -0.1) is 0 Å². The highest BCUT2D eigenvalue weighted by Crippen LogP contribution is 2.15. The molecule has 104 valence electrons. The van der Waals surface area contributed by atoms with Gasteiger partial charge in [0.2, 0.25) is 0 Å². The lowest BCUT2D eigenvalue weighted by Gasteiger charge is -2.35. The van der Waals surface area contributed by atoms with Gasteiger partial charge in [-0.05, 0) is 25.9 Å². The van der Waals surface area contributed by atoms with Crippen LogP contribution in [0.2, 0.25) is 0 Å². The Bertz CT molecular complexity index is 450. The summed E-state index contributed by atoms with van der Waals surface area (Å²) in [6.07, 6.45) is 4.06. The number of carbonyl (C=O) groups excluding carboxylic acids is 1. The first-order chi connectivity index (χ1) is 9.10. The minimum Gasteiger partial charge on any atom is -0.372 e. The van der Waals surface area contributed by atoms with Crippen LogP contribution in [-0.2, 0) is 0 Å². The molecule has 1 saturated heterocycles. The van der Waals surface area contributed by atoms with Crippen molar-refractivity contribution in [2.75, 3.05) is 32.5 Å². The van der Waals surface area contributed by atoms with Crippen LogP contribution in [0.4, 0.5) is 5.82 Å². The van der Waals surface area contributed by atoms with Crippen molar-refractivity contribution in [3.05, 3.63) is 18.1 Å². The molecule has 2 unspecified atom stereocenters. The largest absolute Gasteiger partial charge is 0.372 e. The molecule has 2 heterocycles. The van der Waals surface area contributed by atoms with Crippen LogP contribution < -0.4 is 10.6 Å². The van der Waals surface area contributed by atoms with Gasteiger partial charge in [0, 0.05) is 19.6 Å². The van der Waals surface area contributed by atoms with Gasteiger partial charge >= 0.3 is 0 Å². The summed E-state index contributed by atoms with van der Waals surface area (Å²) in [7, 11) is 3.86. The SMILES string of the molecule is CNc1cncc(C(=O)NC2CCN(C)CC2C)n1. The van der Waals surface area contributed by atoms with Crippen molar-refractivity contribution in [3.8, 4) is 0 Å². The number of amides is 1. The van der Waals surface area contributed by atoms with Gasteiger partial charge in [0.1, 0.15) is 11.5 Å². The Kier molecular flexibility index (Phi) is 4.31. The average Bonchev–Trinajstić information content (AvgIpc) is 2.42. The molecule has 0 spiro atoms. The number of hydrogen-bond donors (Lipinski definition) is 2. The number of anilines is 1. The van der Waals surface area contributed by atoms with Gasteiger partial charge in [-0.2, -0.15) is 0 Å². The van der Waals surface area contributed by atoms with Crippen LogP contribution in [0.5, 0.6) is 0 Å². The molecule has 6 heteroatoms. The summed E-state index contributed by atoms with van der Waals surface area (Å²) in [4.78, 5) is 22.6. The molecule has 1 aliphatic rings. The number of hydrogen-bond acceptors (Lipinski definition) is 5. The maximum atomic E-state index is 12.2. The maximum Gasteiger partial charge on any atom is 0.271 e. The first kappa shape index (κ1) is 13.7. The molecule has 2 rings (SSSR count). The van der Waals surface area contributed by atoms with E-state index in [9.17, 15) is 4.79 Å². The molecule has 0 aliphatic carbocycles. The molecule has 19 heavy (non-hydrogen) atoms. The Morgan fingerprint density at radius 1 is 1.47 bits per heavy atom. The van der Waals surface area contributed by atoms with E-state index in [-0.39, 0.29) is 11.9 Å². The van der Waals surface area contributed by atoms with Crippen molar-refractivity contribution in [2.24, 2.45) is 5.92 Å². The van der Waals surface area contributed by atoms with Gasteiger partial charge in [-0.1, -0.05) is 6.92 Å². The van der Waals surface area contributed by atoms with Crippen LogP contribution in [-0.4, -0.2) is 54.0 Å². The monoisotopic (exact) mass is 263 g/mol. The summed E-state index contributed by atoms with van der Waals surface area (Å²) in [6.45, 7) is 4.18. The third-order valence-corrected chi connectivity index (χ3v) is 3.55. The summed E-state index contributed by atoms with van der Waals surface area (Å²) < 4.78 is 0. The molecule has 1 amide bonds. The number of rotatable bonds is 3. The molecule has 1 fully saturated rings. The molecule has 0 bridgehead atoms. The van der Waals surface area contributed by atoms with Gasteiger partial charge in [-0.3, -0.25) is 9.78 Å². The second-order valence-corrected chi connectivity index (χ2v) is 5.15. The quantitative estimate of drug-likeness (QED) is 0.835. The van der Waals surface area contributed by atoms with Crippen LogP contribution in [0.25, 0.3) is 0 Å². The summed E-state index contributed by atoms with van der Waals surface area (Å²) >= 11 is 0. The molecular formula is C13H21N5O. The summed E-state index contributed by atoms with van der Waals surface area (Å²) in [5, 5.41) is 5.94. The first-order valence-corrected chi connectivity index (χ1v) is 6.59. The molecule has 0 radical (unpaired) electrons. The highest BCUT2D eigenvalue weighted by molar-refractivity contribution is 5.92. The fourth-order valence-corrected chi connectivity index (χ4v) is 2.41. The van der Waals surface area contributed by atoms with Crippen LogP contribution in [0.15, 0.2) is 12.4 Å². The molecule has 2 N–H and O–H groups in total. The molecule has 0 aromatic carbocycles. The van der Waals surface area contributed by atoms with E-state index in [1.54, 1.807) is 13.2 Å². The van der Waals surface area contributed by atoms with Crippen molar-refractivity contribution in [1.29, 1.82) is 0 Å². The standard InChI is InChI=1S/C13H21N5O/c1-9-8-18(3)5-4-10(9)17-13(19)11-6-15-7-12(14-2)16-11/h6-7,9-10H,4-5,8H2,1-3H3,(H,14,16)(H,17,19). The Morgan fingerprint density at radius 3 is 2.95 bits per heavy atom. The third-order valence-electron chi connectivity index (χ3n) is 3.55. The number of piperidine rings is 1. The van der Waals surface area contributed by atoms with Crippen molar-refractivity contribution in [2.45, 2.75) is 19.4 Å². The fourth-order valence-electron chi connectivity index (χ4n) is 2.41. The average molecular weight is 263 g/mol. The second-order valence-electron chi connectivity index (χ2n) is 5.15. The molecule has 1 aromatic rings. The van der Waals surface area contributed by atoms with E-state index in [0.717, 1.165) is 19.5 Å². The Balaban J connectivity index is 2.00. The Hall–Kier alpha value is -1.69. The predicted octanol–water partition coefficient (Wildman–Crippen LogP) is 0.588. The highest BCUT2D eigenvalue weighted by atomic mass is 16.2.